The van der Waals surface area contributed by atoms with Crippen LogP contribution in [0.25, 0.3) is 11.1 Å². The van der Waals surface area contributed by atoms with E-state index in [-0.39, 0.29) is 5.02 Å². The fraction of sp³-hybridized carbons (Fsp3) is 0.438. The molecule has 0 aliphatic carbocycles. The molecular weight excluding hydrogens is 515 g/mol. The van der Waals surface area contributed by atoms with Crippen molar-refractivity contribution in [1.29, 1.82) is 0 Å². The molecule has 1 saturated heterocycles. The second-order valence-corrected chi connectivity index (χ2v) is 10.6. The first kappa shape index (κ1) is 29.3. The van der Waals surface area contributed by atoms with Crippen molar-refractivity contribution in [1.82, 2.24) is 10.2 Å². The van der Waals surface area contributed by atoms with Gasteiger partial charge in [-0.3, -0.25) is 0 Å². The normalized spacial score (nSPS) is 14.5. The summed E-state index contributed by atoms with van der Waals surface area (Å²) in [6.07, 6.45) is 3.71. The van der Waals surface area contributed by atoms with Crippen LogP contribution in [-0.4, -0.2) is 55.9 Å². The summed E-state index contributed by atoms with van der Waals surface area (Å²) in [6, 6.07) is 16.7. The Morgan fingerprint density at radius 2 is 1.54 bits per heavy atom. The highest BCUT2D eigenvalue weighted by Crippen LogP contribution is 2.35. The molecule has 0 spiro atoms. The van der Waals surface area contributed by atoms with Crippen molar-refractivity contribution < 1.29 is 19.0 Å². The van der Waals surface area contributed by atoms with E-state index >= 15 is 0 Å². The van der Waals surface area contributed by atoms with Crippen molar-refractivity contribution in [3.05, 3.63) is 82.1 Å². The standard InChI is InChI=1S/C32H40ClFN2O3/c1-23-26(27-10-6-12-32(24(27)2)39-20-8-18-36-16-3-4-17-36)9-5-11-31(23)38-19-7-15-35-22-30(37)25-13-14-29(34)28(33)21-25/h5-6,9-14,21,30,35,37H,3-4,7-8,15-20,22H2,1-2H3. The molecule has 4 rings (SSSR count). The van der Waals surface area contributed by atoms with Gasteiger partial charge in [0.2, 0.25) is 0 Å². The second-order valence-electron chi connectivity index (χ2n) is 10.2. The van der Waals surface area contributed by atoms with Gasteiger partial charge in [0.1, 0.15) is 17.3 Å². The maximum atomic E-state index is 13.3. The monoisotopic (exact) mass is 554 g/mol. The van der Waals surface area contributed by atoms with Crippen LogP contribution in [0.3, 0.4) is 0 Å². The van der Waals surface area contributed by atoms with Crippen molar-refractivity contribution in [3.8, 4) is 22.6 Å². The van der Waals surface area contributed by atoms with Crippen molar-refractivity contribution in [3.63, 3.8) is 0 Å². The lowest BCUT2D eigenvalue weighted by Crippen LogP contribution is -2.23. The first-order valence-corrected chi connectivity index (χ1v) is 14.3. The van der Waals surface area contributed by atoms with Gasteiger partial charge in [-0.2, -0.15) is 0 Å². The zero-order valence-corrected chi connectivity index (χ0v) is 23.8. The molecule has 1 unspecified atom stereocenters. The Bertz CT molecular complexity index is 1220. The predicted molar refractivity (Wildman–Crippen MR) is 156 cm³/mol. The second kappa shape index (κ2) is 14.7. The van der Waals surface area contributed by atoms with Crippen molar-refractivity contribution in [2.75, 3.05) is 45.9 Å². The zero-order chi connectivity index (χ0) is 27.6. The van der Waals surface area contributed by atoms with Crippen LogP contribution in [0, 0.1) is 19.7 Å². The van der Waals surface area contributed by atoms with E-state index in [9.17, 15) is 9.50 Å². The Labute approximate surface area is 236 Å². The van der Waals surface area contributed by atoms with Crippen LogP contribution in [0.4, 0.5) is 4.39 Å². The molecule has 5 nitrogen and oxygen atoms in total. The Kier molecular flexibility index (Phi) is 11.0. The SMILES string of the molecule is Cc1c(OCCCNCC(O)c2ccc(F)c(Cl)c2)cccc1-c1cccc(OCCCN2CCCC2)c1C. The molecule has 0 saturated carbocycles. The third kappa shape index (κ3) is 8.18. The summed E-state index contributed by atoms with van der Waals surface area (Å²) < 4.78 is 25.6. The molecule has 7 heteroatoms. The van der Waals surface area contributed by atoms with Crippen LogP contribution < -0.4 is 14.8 Å². The number of rotatable bonds is 14. The third-order valence-electron chi connectivity index (χ3n) is 7.35. The van der Waals surface area contributed by atoms with E-state index in [4.69, 9.17) is 21.1 Å². The van der Waals surface area contributed by atoms with Crippen LogP contribution >= 0.6 is 11.6 Å². The first-order valence-electron chi connectivity index (χ1n) is 14.0. The minimum atomic E-state index is -0.754. The van der Waals surface area contributed by atoms with Gasteiger partial charge in [-0.25, -0.2) is 4.39 Å². The number of nitrogens with one attached hydrogen (secondary N) is 1. The summed E-state index contributed by atoms with van der Waals surface area (Å²) in [5.41, 5.74) is 5.13. The number of hydrogen-bond acceptors (Lipinski definition) is 5. The van der Waals surface area contributed by atoms with E-state index in [1.165, 1.54) is 38.1 Å². The molecular formula is C32H40ClFN2O3. The van der Waals surface area contributed by atoms with Crippen LogP contribution in [0.2, 0.25) is 5.02 Å². The van der Waals surface area contributed by atoms with E-state index in [0.29, 0.717) is 25.3 Å². The molecule has 1 atom stereocenters. The number of ether oxygens (including phenoxy) is 2. The smallest absolute Gasteiger partial charge is 0.141 e. The Morgan fingerprint density at radius 1 is 0.923 bits per heavy atom. The predicted octanol–water partition coefficient (Wildman–Crippen LogP) is 6.72. The van der Waals surface area contributed by atoms with E-state index in [1.807, 2.05) is 12.1 Å². The molecule has 0 radical (unpaired) electrons. The van der Waals surface area contributed by atoms with Gasteiger partial charge in [-0.15, -0.1) is 0 Å². The van der Waals surface area contributed by atoms with Crippen LogP contribution in [-0.2, 0) is 0 Å². The van der Waals surface area contributed by atoms with E-state index in [2.05, 4.69) is 48.3 Å². The number of benzene rings is 3. The van der Waals surface area contributed by atoms with Gasteiger partial charge in [-0.1, -0.05) is 41.9 Å². The number of aliphatic hydroxyl groups excluding tert-OH is 1. The molecule has 3 aromatic rings. The summed E-state index contributed by atoms with van der Waals surface area (Å²) in [7, 11) is 0. The average Bonchev–Trinajstić information content (AvgIpc) is 3.45. The number of hydrogen-bond donors (Lipinski definition) is 2. The van der Waals surface area contributed by atoms with Gasteiger partial charge in [0.05, 0.1) is 24.3 Å². The maximum Gasteiger partial charge on any atom is 0.141 e. The minimum Gasteiger partial charge on any atom is -0.493 e. The fourth-order valence-electron chi connectivity index (χ4n) is 5.06. The average molecular weight is 555 g/mol. The Balaban J connectivity index is 1.25. The first-order chi connectivity index (χ1) is 18.9. The van der Waals surface area contributed by atoms with Gasteiger partial charge in [0.25, 0.3) is 0 Å². The van der Waals surface area contributed by atoms with Crippen LogP contribution in [0.5, 0.6) is 11.5 Å². The van der Waals surface area contributed by atoms with Gasteiger partial charge < -0.3 is 24.8 Å². The van der Waals surface area contributed by atoms with Gasteiger partial charge in [0, 0.05) is 13.1 Å². The minimum absolute atomic E-state index is 0.0138. The molecule has 0 bridgehead atoms. The van der Waals surface area contributed by atoms with Gasteiger partial charge in [-0.05, 0) is 111 Å². The Morgan fingerprint density at radius 3 is 2.15 bits per heavy atom. The summed E-state index contributed by atoms with van der Waals surface area (Å²) in [4.78, 5) is 2.52. The lowest BCUT2D eigenvalue weighted by molar-refractivity contribution is 0.173. The molecule has 39 heavy (non-hydrogen) atoms. The molecule has 1 aliphatic rings. The molecule has 0 amide bonds. The molecule has 0 aromatic heterocycles. The highest BCUT2D eigenvalue weighted by atomic mass is 35.5. The van der Waals surface area contributed by atoms with E-state index in [1.54, 1.807) is 6.07 Å². The number of nitrogens with zero attached hydrogens (tertiary/aromatic N) is 1. The highest BCUT2D eigenvalue weighted by Gasteiger charge is 2.14. The van der Waals surface area contributed by atoms with Crippen molar-refractivity contribution in [2.45, 2.75) is 45.6 Å². The molecule has 1 fully saturated rings. The number of likely N-dealkylation sites (tertiary alicyclic amines) is 1. The largest absolute Gasteiger partial charge is 0.493 e. The van der Waals surface area contributed by atoms with Crippen molar-refractivity contribution >= 4 is 11.6 Å². The summed E-state index contributed by atoms with van der Waals surface area (Å²) in [6.45, 7) is 10.1. The summed E-state index contributed by atoms with van der Waals surface area (Å²) >= 11 is 5.81. The lowest BCUT2D eigenvalue weighted by atomic mass is 9.95. The quantitative estimate of drug-likeness (QED) is 0.217. The molecule has 1 aliphatic heterocycles. The maximum absolute atomic E-state index is 13.3. The van der Waals surface area contributed by atoms with E-state index < -0.39 is 11.9 Å². The fourth-order valence-corrected chi connectivity index (χ4v) is 5.25. The third-order valence-corrected chi connectivity index (χ3v) is 7.64. The Hall–Kier alpha value is -2.64. The topological polar surface area (TPSA) is 54.0 Å². The van der Waals surface area contributed by atoms with Crippen LogP contribution in [0.1, 0.15) is 48.5 Å². The highest BCUT2D eigenvalue weighted by molar-refractivity contribution is 6.30. The molecule has 210 valence electrons. The summed E-state index contributed by atoms with van der Waals surface area (Å²) in [5, 5.41) is 13.5. The van der Waals surface area contributed by atoms with Gasteiger partial charge >= 0.3 is 0 Å². The molecule has 1 heterocycles. The zero-order valence-electron chi connectivity index (χ0n) is 23.0. The van der Waals surface area contributed by atoms with Crippen molar-refractivity contribution in [2.24, 2.45) is 0 Å². The van der Waals surface area contributed by atoms with E-state index in [0.717, 1.165) is 59.7 Å². The lowest BCUT2D eigenvalue weighted by Gasteiger charge is -2.18. The molecule has 2 N–H and O–H groups in total. The summed E-state index contributed by atoms with van der Waals surface area (Å²) in [5.74, 6) is 1.32. The molecule has 3 aromatic carbocycles. The number of halogens is 2. The van der Waals surface area contributed by atoms with Crippen LogP contribution in [0.15, 0.2) is 54.6 Å². The number of aliphatic hydroxyl groups is 1. The van der Waals surface area contributed by atoms with Gasteiger partial charge in [0.15, 0.2) is 0 Å².